The number of hydrogen-bond donors (Lipinski definition) is 1. The van der Waals surface area contributed by atoms with Gasteiger partial charge in [0.25, 0.3) is 11.7 Å². The summed E-state index contributed by atoms with van der Waals surface area (Å²) in [6, 6.07) is 16.1. The number of anilines is 1. The Morgan fingerprint density at radius 1 is 1.00 bits per heavy atom. The second-order valence-corrected chi connectivity index (χ2v) is 7.07. The molecule has 2 heterocycles. The van der Waals surface area contributed by atoms with Crippen LogP contribution < -0.4 is 5.32 Å². The third-order valence-electron chi connectivity index (χ3n) is 4.42. The molecule has 2 aromatic heterocycles. The normalized spacial score (nSPS) is 10.8. The zero-order valence-electron chi connectivity index (χ0n) is 15.0. The van der Waals surface area contributed by atoms with Crippen LogP contribution in [0.1, 0.15) is 15.9 Å². The fraction of sp³-hybridized carbons (Fsp3) is 0.0476. The van der Waals surface area contributed by atoms with Crippen molar-refractivity contribution in [2.45, 2.75) is 6.54 Å². The van der Waals surface area contributed by atoms with E-state index in [0.29, 0.717) is 17.0 Å². The number of halogens is 2. The first-order chi connectivity index (χ1) is 14.0. The molecule has 0 aliphatic rings. The monoisotopic (exact) mass is 424 g/mol. The molecule has 29 heavy (non-hydrogen) atoms. The van der Waals surface area contributed by atoms with Gasteiger partial charge in [0.1, 0.15) is 17.3 Å². The molecule has 0 aliphatic carbocycles. The highest BCUT2D eigenvalue weighted by molar-refractivity contribution is 6.51. The summed E-state index contributed by atoms with van der Waals surface area (Å²) in [5, 5.41) is 3.91. The van der Waals surface area contributed by atoms with E-state index in [4.69, 9.17) is 23.2 Å². The first-order valence-corrected chi connectivity index (χ1v) is 9.43. The Morgan fingerprint density at radius 2 is 1.76 bits per heavy atom. The van der Waals surface area contributed by atoms with Gasteiger partial charge in [-0.1, -0.05) is 53.5 Å². The van der Waals surface area contributed by atoms with Gasteiger partial charge in [-0.05, 0) is 29.8 Å². The second kappa shape index (κ2) is 8.03. The van der Waals surface area contributed by atoms with Crippen molar-refractivity contribution in [2.24, 2.45) is 0 Å². The van der Waals surface area contributed by atoms with Gasteiger partial charge in [0.05, 0.1) is 11.1 Å². The van der Waals surface area contributed by atoms with Crippen LogP contribution >= 0.6 is 23.2 Å². The maximum atomic E-state index is 12.9. The first-order valence-electron chi connectivity index (χ1n) is 8.67. The Balaban J connectivity index is 1.72. The smallest absolute Gasteiger partial charge is 0.298 e. The number of para-hydroxylation sites is 1. The van der Waals surface area contributed by atoms with Crippen molar-refractivity contribution in [3.63, 3.8) is 0 Å². The van der Waals surface area contributed by atoms with Crippen LogP contribution in [-0.4, -0.2) is 26.2 Å². The van der Waals surface area contributed by atoms with Crippen LogP contribution in [0.15, 0.2) is 67.1 Å². The number of carbonyl (C=O) groups is 2. The van der Waals surface area contributed by atoms with E-state index in [2.05, 4.69) is 15.3 Å². The lowest BCUT2D eigenvalue weighted by Gasteiger charge is -2.08. The minimum Gasteiger partial charge on any atom is -0.327 e. The predicted molar refractivity (Wildman–Crippen MR) is 112 cm³/mol. The number of nitrogens with zero attached hydrogens (tertiary/aromatic N) is 3. The van der Waals surface area contributed by atoms with Crippen molar-refractivity contribution in [1.82, 2.24) is 14.5 Å². The number of rotatable bonds is 5. The van der Waals surface area contributed by atoms with Gasteiger partial charge < -0.3 is 9.88 Å². The molecule has 0 unspecified atom stereocenters. The van der Waals surface area contributed by atoms with Crippen molar-refractivity contribution in [3.05, 3.63) is 88.4 Å². The standard InChI is InChI=1S/C21H14Cl2N4O2/c22-14-7-5-13(6-8-14)11-27-16-4-2-1-3-15(16)18(20(27)23)19(28)21(29)26-17-9-10-24-12-25-17/h1-10,12H,11H2,(H,24,25,26,29). The van der Waals surface area contributed by atoms with E-state index in [0.717, 1.165) is 11.1 Å². The first kappa shape index (κ1) is 19.1. The van der Waals surface area contributed by atoms with Crippen LogP contribution in [0.2, 0.25) is 10.2 Å². The van der Waals surface area contributed by atoms with E-state index in [9.17, 15) is 9.59 Å². The van der Waals surface area contributed by atoms with E-state index in [-0.39, 0.29) is 16.5 Å². The van der Waals surface area contributed by atoms with Crippen LogP contribution in [0.25, 0.3) is 10.9 Å². The highest BCUT2D eigenvalue weighted by Gasteiger charge is 2.26. The topological polar surface area (TPSA) is 76.9 Å². The average Bonchev–Trinajstić information content (AvgIpc) is 3.01. The molecule has 0 spiro atoms. The second-order valence-electron chi connectivity index (χ2n) is 6.27. The summed E-state index contributed by atoms with van der Waals surface area (Å²) in [6.07, 6.45) is 2.75. The number of Topliss-reactive ketones (excluding diaryl/α,β-unsaturated/α-hetero) is 1. The molecule has 1 N–H and O–H groups in total. The van der Waals surface area contributed by atoms with E-state index in [1.54, 1.807) is 28.8 Å². The summed E-state index contributed by atoms with van der Waals surface area (Å²) in [7, 11) is 0. The molecule has 1 amide bonds. The van der Waals surface area contributed by atoms with E-state index in [1.165, 1.54) is 18.6 Å². The molecule has 144 valence electrons. The summed E-state index contributed by atoms with van der Waals surface area (Å²) in [5.74, 6) is -1.32. The molecule has 4 aromatic rings. The van der Waals surface area contributed by atoms with Crippen molar-refractivity contribution < 1.29 is 9.59 Å². The summed E-state index contributed by atoms with van der Waals surface area (Å²) in [5.41, 5.74) is 1.87. The maximum absolute atomic E-state index is 12.9. The summed E-state index contributed by atoms with van der Waals surface area (Å²) < 4.78 is 1.80. The molecule has 8 heteroatoms. The highest BCUT2D eigenvalue weighted by Crippen LogP contribution is 2.31. The van der Waals surface area contributed by atoms with E-state index >= 15 is 0 Å². The van der Waals surface area contributed by atoms with Gasteiger partial charge >= 0.3 is 0 Å². The Kier molecular flexibility index (Phi) is 5.29. The SMILES string of the molecule is O=C(Nc1ccncn1)C(=O)c1c(Cl)n(Cc2ccc(Cl)cc2)c2ccccc12. The van der Waals surface area contributed by atoms with E-state index in [1.807, 2.05) is 24.3 Å². The largest absolute Gasteiger partial charge is 0.327 e. The summed E-state index contributed by atoms with van der Waals surface area (Å²) in [6.45, 7) is 0.428. The molecule has 0 radical (unpaired) electrons. The summed E-state index contributed by atoms with van der Waals surface area (Å²) >= 11 is 12.5. The molecule has 0 fully saturated rings. The van der Waals surface area contributed by atoms with Crippen LogP contribution in [0.5, 0.6) is 0 Å². The fourth-order valence-corrected chi connectivity index (χ4v) is 3.53. The fourth-order valence-electron chi connectivity index (χ4n) is 3.07. The Bertz CT molecular complexity index is 1200. The van der Waals surface area contributed by atoms with Crippen LogP contribution in [0, 0.1) is 0 Å². The number of benzene rings is 2. The zero-order valence-corrected chi connectivity index (χ0v) is 16.5. The molecular weight excluding hydrogens is 411 g/mol. The number of fused-ring (bicyclic) bond motifs is 1. The number of carbonyl (C=O) groups excluding carboxylic acids is 2. The molecule has 0 saturated carbocycles. The van der Waals surface area contributed by atoms with Gasteiger partial charge in [0.15, 0.2) is 0 Å². The van der Waals surface area contributed by atoms with Gasteiger partial charge in [0.2, 0.25) is 0 Å². The molecule has 4 rings (SSSR count). The minimum atomic E-state index is -0.819. The Hall–Kier alpha value is -3.22. The number of nitrogens with one attached hydrogen (secondary N) is 1. The van der Waals surface area contributed by atoms with Gasteiger partial charge in [-0.15, -0.1) is 0 Å². The number of hydrogen-bond acceptors (Lipinski definition) is 4. The molecule has 0 aliphatic heterocycles. The van der Waals surface area contributed by atoms with Crippen molar-refractivity contribution in [3.8, 4) is 0 Å². The lowest BCUT2D eigenvalue weighted by Crippen LogP contribution is -2.23. The molecule has 0 saturated heterocycles. The van der Waals surface area contributed by atoms with Crippen LogP contribution in [-0.2, 0) is 11.3 Å². The van der Waals surface area contributed by atoms with Crippen LogP contribution in [0.4, 0.5) is 5.82 Å². The zero-order chi connectivity index (χ0) is 20.4. The Labute approximate surface area is 176 Å². The summed E-state index contributed by atoms with van der Waals surface area (Å²) in [4.78, 5) is 33.1. The lowest BCUT2D eigenvalue weighted by atomic mass is 10.1. The maximum Gasteiger partial charge on any atom is 0.298 e. The lowest BCUT2D eigenvalue weighted by molar-refractivity contribution is -0.112. The van der Waals surface area contributed by atoms with Crippen LogP contribution in [0.3, 0.4) is 0 Å². The molecule has 6 nitrogen and oxygen atoms in total. The third-order valence-corrected chi connectivity index (χ3v) is 5.06. The van der Waals surface area contributed by atoms with Crippen molar-refractivity contribution >= 4 is 51.6 Å². The van der Waals surface area contributed by atoms with Gasteiger partial charge in [-0.25, -0.2) is 9.97 Å². The molecule has 2 aromatic carbocycles. The quantitative estimate of drug-likeness (QED) is 0.374. The van der Waals surface area contributed by atoms with E-state index < -0.39 is 11.7 Å². The number of ketones is 1. The number of aromatic nitrogens is 3. The van der Waals surface area contributed by atoms with Gasteiger partial charge in [-0.3, -0.25) is 9.59 Å². The number of amides is 1. The molecular formula is C21H14Cl2N4O2. The predicted octanol–water partition coefficient (Wildman–Crippen LogP) is 4.61. The van der Waals surface area contributed by atoms with Crippen molar-refractivity contribution in [1.29, 1.82) is 0 Å². The molecule has 0 atom stereocenters. The minimum absolute atomic E-state index is 0.155. The van der Waals surface area contributed by atoms with Gasteiger partial charge in [-0.2, -0.15) is 0 Å². The average molecular weight is 425 g/mol. The third kappa shape index (κ3) is 3.85. The van der Waals surface area contributed by atoms with Crippen molar-refractivity contribution in [2.75, 3.05) is 5.32 Å². The Morgan fingerprint density at radius 3 is 2.48 bits per heavy atom. The van der Waals surface area contributed by atoms with Gasteiger partial charge in [0, 0.05) is 23.2 Å². The highest BCUT2D eigenvalue weighted by atomic mass is 35.5. The molecule has 0 bridgehead atoms.